The summed E-state index contributed by atoms with van der Waals surface area (Å²) in [6.45, 7) is 3.84. The SMILES string of the molecule is CCOC(=O)C1(C#N)C(C)=C1c1ccccc1. The van der Waals surface area contributed by atoms with Gasteiger partial charge in [0.1, 0.15) is 0 Å². The first-order valence-corrected chi connectivity index (χ1v) is 5.54. The van der Waals surface area contributed by atoms with Gasteiger partial charge in [0, 0.05) is 0 Å². The lowest BCUT2D eigenvalue weighted by Gasteiger charge is -2.09. The van der Waals surface area contributed by atoms with Crippen LogP contribution in [0.4, 0.5) is 0 Å². The molecule has 1 unspecified atom stereocenters. The first kappa shape index (κ1) is 11.4. The van der Waals surface area contributed by atoms with Crippen molar-refractivity contribution in [3.63, 3.8) is 0 Å². The minimum Gasteiger partial charge on any atom is -0.464 e. The lowest BCUT2D eigenvalue weighted by Crippen LogP contribution is -2.21. The van der Waals surface area contributed by atoms with Gasteiger partial charge < -0.3 is 4.74 Å². The molecule has 0 fully saturated rings. The molecular formula is C14H13NO2. The summed E-state index contributed by atoms with van der Waals surface area (Å²) >= 11 is 0. The first-order valence-electron chi connectivity index (χ1n) is 5.54. The summed E-state index contributed by atoms with van der Waals surface area (Å²) in [5.41, 5.74) is 1.36. The molecule has 1 atom stereocenters. The number of nitrogens with zero attached hydrogens (tertiary/aromatic N) is 1. The maximum Gasteiger partial charge on any atom is 0.335 e. The second kappa shape index (κ2) is 4.06. The predicted molar refractivity (Wildman–Crippen MR) is 63.7 cm³/mol. The standard InChI is InChI=1S/C14H13NO2/c1-3-17-13(16)14(9-15)10(2)12(14)11-7-5-4-6-8-11/h4-8H,3H2,1-2H3. The van der Waals surface area contributed by atoms with Gasteiger partial charge in [0.2, 0.25) is 5.41 Å². The molecule has 1 aliphatic rings. The minimum atomic E-state index is -1.14. The van der Waals surface area contributed by atoms with E-state index in [1.807, 2.05) is 37.3 Å². The van der Waals surface area contributed by atoms with Gasteiger partial charge in [-0.15, -0.1) is 0 Å². The highest BCUT2D eigenvalue weighted by Crippen LogP contribution is 2.58. The van der Waals surface area contributed by atoms with Crippen molar-refractivity contribution in [2.75, 3.05) is 6.61 Å². The highest BCUT2D eigenvalue weighted by Gasteiger charge is 2.59. The van der Waals surface area contributed by atoms with Gasteiger partial charge in [-0.05, 0) is 30.6 Å². The quantitative estimate of drug-likeness (QED) is 0.745. The van der Waals surface area contributed by atoms with Crippen LogP contribution in [0.15, 0.2) is 35.9 Å². The lowest BCUT2D eigenvalue weighted by molar-refractivity contribution is -0.146. The summed E-state index contributed by atoms with van der Waals surface area (Å²) in [7, 11) is 0. The molecule has 0 saturated heterocycles. The van der Waals surface area contributed by atoms with E-state index in [0.29, 0.717) is 0 Å². The van der Waals surface area contributed by atoms with Crippen molar-refractivity contribution in [3.8, 4) is 6.07 Å². The summed E-state index contributed by atoms with van der Waals surface area (Å²) in [4.78, 5) is 11.9. The van der Waals surface area contributed by atoms with Crippen molar-refractivity contribution < 1.29 is 9.53 Å². The van der Waals surface area contributed by atoms with Gasteiger partial charge in [-0.2, -0.15) is 5.26 Å². The van der Waals surface area contributed by atoms with E-state index in [9.17, 15) is 10.1 Å². The van der Waals surface area contributed by atoms with Crippen LogP contribution in [0, 0.1) is 16.7 Å². The molecule has 0 spiro atoms. The number of nitriles is 1. The Bertz CT molecular complexity index is 525. The van der Waals surface area contributed by atoms with Crippen LogP contribution in [0.5, 0.6) is 0 Å². The fourth-order valence-electron chi connectivity index (χ4n) is 2.12. The van der Waals surface area contributed by atoms with Crippen molar-refractivity contribution in [2.24, 2.45) is 5.41 Å². The van der Waals surface area contributed by atoms with E-state index in [-0.39, 0.29) is 6.61 Å². The van der Waals surface area contributed by atoms with Gasteiger partial charge >= 0.3 is 5.97 Å². The van der Waals surface area contributed by atoms with Gasteiger partial charge in [-0.25, -0.2) is 4.79 Å². The largest absolute Gasteiger partial charge is 0.464 e. The van der Waals surface area contributed by atoms with Crippen LogP contribution in [0.25, 0.3) is 5.57 Å². The second-order valence-electron chi connectivity index (χ2n) is 3.95. The fraction of sp³-hybridized carbons (Fsp3) is 0.286. The minimum absolute atomic E-state index is 0.289. The zero-order chi connectivity index (χ0) is 12.5. The van der Waals surface area contributed by atoms with Gasteiger partial charge in [-0.1, -0.05) is 30.3 Å². The molecule has 0 heterocycles. The molecule has 1 aromatic rings. The molecule has 0 aliphatic heterocycles. The Kier molecular flexibility index (Phi) is 2.72. The molecular weight excluding hydrogens is 214 g/mol. The van der Waals surface area contributed by atoms with Crippen molar-refractivity contribution in [1.82, 2.24) is 0 Å². The lowest BCUT2D eigenvalue weighted by atomic mass is 9.96. The Labute approximate surface area is 100 Å². The highest BCUT2D eigenvalue weighted by atomic mass is 16.5. The number of ether oxygens (including phenoxy) is 1. The van der Waals surface area contributed by atoms with E-state index in [2.05, 4.69) is 6.07 Å². The van der Waals surface area contributed by atoms with Crippen LogP contribution in [-0.2, 0) is 9.53 Å². The zero-order valence-corrected chi connectivity index (χ0v) is 9.86. The van der Waals surface area contributed by atoms with Gasteiger partial charge in [0.05, 0.1) is 12.7 Å². The van der Waals surface area contributed by atoms with E-state index in [0.717, 1.165) is 16.7 Å². The number of hydrogen-bond acceptors (Lipinski definition) is 3. The van der Waals surface area contributed by atoms with Crippen molar-refractivity contribution in [2.45, 2.75) is 13.8 Å². The average molecular weight is 227 g/mol. The second-order valence-corrected chi connectivity index (χ2v) is 3.95. The molecule has 0 N–H and O–H groups in total. The topological polar surface area (TPSA) is 50.1 Å². The number of hydrogen-bond donors (Lipinski definition) is 0. The van der Waals surface area contributed by atoms with E-state index in [1.54, 1.807) is 6.92 Å². The predicted octanol–water partition coefficient (Wildman–Crippen LogP) is 2.55. The van der Waals surface area contributed by atoms with Crippen LogP contribution in [0.2, 0.25) is 0 Å². The van der Waals surface area contributed by atoms with Crippen molar-refractivity contribution >= 4 is 11.5 Å². The van der Waals surface area contributed by atoms with E-state index in [1.165, 1.54) is 0 Å². The number of benzene rings is 1. The molecule has 3 heteroatoms. The summed E-state index contributed by atoms with van der Waals surface area (Å²) in [6, 6.07) is 11.6. The number of carbonyl (C=O) groups excluding carboxylic acids is 1. The van der Waals surface area contributed by atoms with Crippen LogP contribution >= 0.6 is 0 Å². The third kappa shape index (κ3) is 1.53. The van der Waals surface area contributed by atoms with Gasteiger partial charge in [0.15, 0.2) is 0 Å². The Hall–Kier alpha value is -2.08. The van der Waals surface area contributed by atoms with Gasteiger partial charge in [0.25, 0.3) is 0 Å². The molecule has 0 bridgehead atoms. The zero-order valence-electron chi connectivity index (χ0n) is 9.86. The summed E-state index contributed by atoms with van der Waals surface area (Å²) in [5.74, 6) is -0.459. The Balaban J connectivity index is 2.34. The van der Waals surface area contributed by atoms with Gasteiger partial charge in [-0.3, -0.25) is 0 Å². The summed E-state index contributed by atoms with van der Waals surface area (Å²) in [5, 5.41) is 9.26. The first-order chi connectivity index (χ1) is 8.18. The molecule has 1 aromatic carbocycles. The normalized spacial score (nSPS) is 21.9. The molecule has 0 amide bonds. The Morgan fingerprint density at radius 1 is 1.41 bits per heavy atom. The monoisotopic (exact) mass is 227 g/mol. The van der Waals surface area contributed by atoms with Crippen LogP contribution in [-0.4, -0.2) is 12.6 Å². The molecule has 17 heavy (non-hydrogen) atoms. The van der Waals surface area contributed by atoms with Crippen LogP contribution in [0.1, 0.15) is 19.4 Å². The number of carbonyl (C=O) groups is 1. The summed E-state index contributed by atoms with van der Waals surface area (Å²) < 4.78 is 4.98. The van der Waals surface area contributed by atoms with Crippen molar-refractivity contribution in [3.05, 3.63) is 41.5 Å². The smallest absolute Gasteiger partial charge is 0.335 e. The Morgan fingerprint density at radius 3 is 2.59 bits per heavy atom. The fourth-order valence-corrected chi connectivity index (χ4v) is 2.12. The average Bonchev–Trinajstić information content (AvgIpc) is 2.97. The molecule has 0 aromatic heterocycles. The maximum absolute atomic E-state index is 11.9. The molecule has 3 nitrogen and oxygen atoms in total. The molecule has 2 rings (SSSR count). The Morgan fingerprint density at radius 2 is 2.06 bits per heavy atom. The third-order valence-corrected chi connectivity index (χ3v) is 3.06. The highest BCUT2D eigenvalue weighted by molar-refractivity contribution is 6.11. The molecule has 86 valence electrons. The van der Waals surface area contributed by atoms with E-state index >= 15 is 0 Å². The number of rotatable bonds is 3. The number of esters is 1. The van der Waals surface area contributed by atoms with Crippen LogP contribution < -0.4 is 0 Å². The van der Waals surface area contributed by atoms with E-state index in [4.69, 9.17) is 4.74 Å². The molecule has 1 aliphatic carbocycles. The molecule has 0 radical (unpaired) electrons. The molecule has 0 saturated carbocycles. The summed E-state index contributed by atoms with van der Waals surface area (Å²) in [6.07, 6.45) is 0. The van der Waals surface area contributed by atoms with Crippen LogP contribution in [0.3, 0.4) is 0 Å². The maximum atomic E-state index is 11.9. The van der Waals surface area contributed by atoms with E-state index < -0.39 is 11.4 Å². The third-order valence-electron chi connectivity index (χ3n) is 3.06. The van der Waals surface area contributed by atoms with Crippen molar-refractivity contribution in [1.29, 1.82) is 5.26 Å².